The van der Waals surface area contributed by atoms with E-state index in [0.717, 1.165) is 30.6 Å². The minimum atomic E-state index is -0.0771. The van der Waals surface area contributed by atoms with Crippen molar-refractivity contribution in [2.24, 2.45) is 0 Å². The van der Waals surface area contributed by atoms with Gasteiger partial charge in [-0.2, -0.15) is 0 Å². The van der Waals surface area contributed by atoms with Crippen molar-refractivity contribution in [2.45, 2.75) is 26.2 Å². The number of rotatable bonds is 9. The zero-order valence-electron chi connectivity index (χ0n) is 16.7. The predicted octanol–water partition coefficient (Wildman–Crippen LogP) is 4.86. The van der Waals surface area contributed by atoms with Gasteiger partial charge >= 0.3 is 0 Å². The zero-order chi connectivity index (χ0) is 20.5. The average Bonchev–Trinajstić information content (AvgIpc) is 2.77. The van der Waals surface area contributed by atoms with Crippen LogP contribution in [-0.4, -0.2) is 29.5 Å². The molecular formula is C23H25N3O3. The lowest BCUT2D eigenvalue weighted by Crippen LogP contribution is -2.24. The summed E-state index contributed by atoms with van der Waals surface area (Å²) in [5.74, 6) is 1.75. The number of hydrogen-bond donors (Lipinski definition) is 1. The van der Waals surface area contributed by atoms with Crippen molar-refractivity contribution in [1.29, 1.82) is 0 Å². The molecule has 0 unspecified atom stereocenters. The van der Waals surface area contributed by atoms with Gasteiger partial charge in [0.05, 0.1) is 12.8 Å². The monoisotopic (exact) mass is 391 g/mol. The molecule has 0 fully saturated rings. The molecule has 0 saturated heterocycles. The zero-order valence-corrected chi connectivity index (χ0v) is 16.7. The van der Waals surface area contributed by atoms with E-state index in [1.807, 2.05) is 42.5 Å². The van der Waals surface area contributed by atoms with Gasteiger partial charge in [-0.15, -0.1) is 0 Å². The van der Waals surface area contributed by atoms with E-state index in [2.05, 4.69) is 22.2 Å². The number of carbonyl (C=O) groups excluding carboxylic acids is 1. The molecule has 1 aromatic heterocycles. The van der Waals surface area contributed by atoms with Gasteiger partial charge in [-0.1, -0.05) is 31.9 Å². The molecule has 3 aromatic rings. The number of carbonyl (C=O) groups is 1. The molecule has 6 nitrogen and oxygen atoms in total. The first kappa shape index (κ1) is 20.3. The highest BCUT2D eigenvalue weighted by Gasteiger charge is 2.09. The molecule has 6 heteroatoms. The van der Waals surface area contributed by atoms with Crippen LogP contribution in [0.2, 0.25) is 0 Å². The maximum absolute atomic E-state index is 12.4. The number of hydrogen-bond acceptors (Lipinski definition) is 5. The molecule has 150 valence electrons. The molecule has 0 radical (unpaired) electrons. The summed E-state index contributed by atoms with van der Waals surface area (Å²) in [5, 5.41) is 2.96. The maximum Gasteiger partial charge on any atom is 0.251 e. The second-order valence-electron chi connectivity index (χ2n) is 6.56. The third-order valence-electron chi connectivity index (χ3n) is 4.41. The normalized spacial score (nSPS) is 10.4. The van der Waals surface area contributed by atoms with E-state index in [0.29, 0.717) is 29.4 Å². The van der Waals surface area contributed by atoms with Crippen molar-refractivity contribution in [3.8, 4) is 28.6 Å². The van der Waals surface area contributed by atoms with Gasteiger partial charge in [0.15, 0.2) is 0 Å². The van der Waals surface area contributed by atoms with Crippen LogP contribution in [0, 0.1) is 0 Å². The third kappa shape index (κ3) is 5.78. The SMILES string of the molecule is CCCCCNC(=O)c1cccc(-c2cc(Oc3ccc(OC)cc3)ncn2)c1. The molecule has 3 rings (SSSR count). The summed E-state index contributed by atoms with van der Waals surface area (Å²) in [6, 6.07) is 16.4. The van der Waals surface area contributed by atoms with Crippen LogP contribution in [0.5, 0.6) is 17.4 Å². The Balaban J connectivity index is 1.71. The van der Waals surface area contributed by atoms with Crippen LogP contribution in [0.25, 0.3) is 11.3 Å². The summed E-state index contributed by atoms with van der Waals surface area (Å²) in [5.41, 5.74) is 2.12. The van der Waals surface area contributed by atoms with Gasteiger partial charge < -0.3 is 14.8 Å². The summed E-state index contributed by atoms with van der Waals surface area (Å²) in [6.07, 6.45) is 4.67. The Hall–Kier alpha value is -3.41. The minimum absolute atomic E-state index is 0.0771. The van der Waals surface area contributed by atoms with Gasteiger partial charge in [-0.05, 0) is 42.8 Å². The molecule has 1 heterocycles. The Morgan fingerprint density at radius 2 is 1.79 bits per heavy atom. The van der Waals surface area contributed by atoms with Gasteiger partial charge in [0.1, 0.15) is 17.8 Å². The van der Waals surface area contributed by atoms with Crippen LogP contribution in [0.4, 0.5) is 0 Å². The number of nitrogens with zero attached hydrogens (tertiary/aromatic N) is 2. The van der Waals surface area contributed by atoms with Crippen LogP contribution >= 0.6 is 0 Å². The van der Waals surface area contributed by atoms with Crippen molar-refractivity contribution in [3.05, 3.63) is 66.5 Å². The Morgan fingerprint density at radius 3 is 2.55 bits per heavy atom. The molecule has 0 aliphatic carbocycles. The number of amides is 1. The number of ether oxygens (including phenoxy) is 2. The van der Waals surface area contributed by atoms with Crippen molar-refractivity contribution in [1.82, 2.24) is 15.3 Å². The van der Waals surface area contributed by atoms with Gasteiger partial charge in [0.2, 0.25) is 5.88 Å². The summed E-state index contributed by atoms with van der Waals surface area (Å²) in [7, 11) is 1.62. The largest absolute Gasteiger partial charge is 0.497 e. The lowest BCUT2D eigenvalue weighted by molar-refractivity contribution is 0.0953. The lowest BCUT2D eigenvalue weighted by atomic mass is 10.1. The van der Waals surface area contributed by atoms with Crippen molar-refractivity contribution in [2.75, 3.05) is 13.7 Å². The van der Waals surface area contributed by atoms with Crippen LogP contribution < -0.4 is 14.8 Å². The molecule has 0 spiro atoms. The second-order valence-corrected chi connectivity index (χ2v) is 6.56. The molecule has 0 bridgehead atoms. The fraction of sp³-hybridized carbons (Fsp3) is 0.261. The lowest BCUT2D eigenvalue weighted by Gasteiger charge is -2.09. The number of aromatic nitrogens is 2. The first-order chi connectivity index (χ1) is 14.2. The fourth-order valence-electron chi connectivity index (χ4n) is 2.82. The number of nitrogens with one attached hydrogen (secondary N) is 1. The Bertz CT molecular complexity index is 942. The molecule has 1 N–H and O–H groups in total. The Labute approximate surface area is 170 Å². The predicted molar refractivity (Wildman–Crippen MR) is 112 cm³/mol. The highest BCUT2D eigenvalue weighted by atomic mass is 16.5. The van der Waals surface area contributed by atoms with E-state index in [-0.39, 0.29) is 5.91 Å². The fourth-order valence-corrected chi connectivity index (χ4v) is 2.82. The smallest absolute Gasteiger partial charge is 0.251 e. The van der Waals surface area contributed by atoms with E-state index in [4.69, 9.17) is 9.47 Å². The summed E-state index contributed by atoms with van der Waals surface area (Å²) in [6.45, 7) is 2.82. The highest BCUT2D eigenvalue weighted by Crippen LogP contribution is 2.25. The van der Waals surface area contributed by atoms with Crippen LogP contribution in [0.1, 0.15) is 36.5 Å². The Morgan fingerprint density at radius 1 is 1.00 bits per heavy atom. The summed E-state index contributed by atoms with van der Waals surface area (Å²) >= 11 is 0. The second kappa shape index (κ2) is 10.2. The summed E-state index contributed by atoms with van der Waals surface area (Å²) in [4.78, 5) is 20.9. The molecule has 0 saturated carbocycles. The number of methoxy groups -OCH3 is 1. The van der Waals surface area contributed by atoms with Crippen LogP contribution in [0.15, 0.2) is 60.9 Å². The first-order valence-electron chi connectivity index (χ1n) is 9.72. The quantitative estimate of drug-likeness (QED) is 0.527. The van der Waals surface area contributed by atoms with Gasteiger partial charge in [-0.25, -0.2) is 9.97 Å². The standard InChI is InChI=1S/C23H25N3O3/c1-3-4-5-13-24-23(27)18-8-6-7-17(14-18)21-15-22(26-16-25-21)29-20-11-9-19(28-2)10-12-20/h6-12,14-16H,3-5,13H2,1-2H3,(H,24,27). The maximum atomic E-state index is 12.4. The average molecular weight is 391 g/mol. The van der Waals surface area contributed by atoms with E-state index in [1.54, 1.807) is 19.2 Å². The molecule has 0 aliphatic rings. The van der Waals surface area contributed by atoms with Crippen LogP contribution in [-0.2, 0) is 0 Å². The topological polar surface area (TPSA) is 73.3 Å². The van der Waals surface area contributed by atoms with Gasteiger partial charge in [0, 0.05) is 23.7 Å². The van der Waals surface area contributed by atoms with Crippen molar-refractivity contribution < 1.29 is 14.3 Å². The van der Waals surface area contributed by atoms with E-state index < -0.39 is 0 Å². The van der Waals surface area contributed by atoms with E-state index in [1.165, 1.54) is 6.33 Å². The van der Waals surface area contributed by atoms with Crippen LogP contribution in [0.3, 0.4) is 0 Å². The van der Waals surface area contributed by atoms with Crippen molar-refractivity contribution in [3.63, 3.8) is 0 Å². The number of benzene rings is 2. The molecular weight excluding hydrogens is 366 g/mol. The van der Waals surface area contributed by atoms with Crippen molar-refractivity contribution >= 4 is 5.91 Å². The molecule has 0 aliphatic heterocycles. The number of unbranched alkanes of at least 4 members (excludes halogenated alkanes) is 2. The highest BCUT2D eigenvalue weighted by molar-refractivity contribution is 5.95. The molecule has 1 amide bonds. The summed E-state index contributed by atoms with van der Waals surface area (Å²) < 4.78 is 11.0. The van der Waals surface area contributed by atoms with E-state index >= 15 is 0 Å². The molecule has 29 heavy (non-hydrogen) atoms. The van der Waals surface area contributed by atoms with Gasteiger partial charge in [0.25, 0.3) is 5.91 Å². The first-order valence-corrected chi connectivity index (χ1v) is 9.72. The molecule has 2 aromatic carbocycles. The van der Waals surface area contributed by atoms with E-state index in [9.17, 15) is 4.79 Å². The Kier molecular flexibility index (Phi) is 7.16. The van der Waals surface area contributed by atoms with Gasteiger partial charge in [-0.3, -0.25) is 4.79 Å². The molecule has 0 atom stereocenters. The minimum Gasteiger partial charge on any atom is -0.497 e. The third-order valence-corrected chi connectivity index (χ3v) is 4.41.